The van der Waals surface area contributed by atoms with E-state index in [1.807, 2.05) is 13.8 Å². The molecule has 2 aliphatic heterocycles. The predicted octanol–water partition coefficient (Wildman–Crippen LogP) is 2.69. The van der Waals surface area contributed by atoms with Crippen molar-refractivity contribution in [3.05, 3.63) is 29.3 Å². The van der Waals surface area contributed by atoms with Gasteiger partial charge in [0.05, 0.1) is 4.90 Å². The Labute approximate surface area is 179 Å². The second-order valence-electron chi connectivity index (χ2n) is 8.35. The van der Waals surface area contributed by atoms with Crippen LogP contribution in [0.5, 0.6) is 0 Å². The number of hydrogen-bond donors (Lipinski definition) is 1. The molecule has 2 heterocycles. The van der Waals surface area contributed by atoms with Crippen LogP contribution in [0.15, 0.2) is 23.1 Å². The van der Waals surface area contributed by atoms with Crippen LogP contribution in [0.1, 0.15) is 67.8 Å². The van der Waals surface area contributed by atoms with Crippen LogP contribution in [0.2, 0.25) is 0 Å². The quantitative estimate of drug-likeness (QED) is 0.744. The fraction of sp³-hybridized carbons (Fsp3) is 0.636. The van der Waals surface area contributed by atoms with Crippen molar-refractivity contribution in [2.75, 3.05) is 26.2 Å². The average molecular weight is 436 g/mol. The van der Waals surface area contributed by atoms with E-state index in [9.17, 15) is 18.0 Å². The Kier molecular flexibility index (Phi) is 7.52. The molecular formula is C22H33N3O4S. The van der Waals surface area contributed by atoms with Crippen molar-refractivity contribution in [1.29, 1.82) is 0 Å². The maximum atomic E-state index is 13.2. The molecule has 2 amide bonds. The van der Waals surface area contributed by atoms with Gasteiger partial charge < -0.3 is 10.2 Å². The number of piperidine rings is 2. The smallest absolute Gasteiger partial charge is 0.254 e. The molecule has 0 bridgehead atoms. The van der Waals surface area contributed by atoms with Crippen LogP contribution < -0.4 is 5.32 Å². The Morgan fingerprint density at radius 2 is 1.83 bits per heavy atom. The SMILES string of the molecule is CCCC(=O)NC1CCCN(C(=O)c2cc(S(=O)(=O)N3CCCCC3)ccc2C)C1. The summed E-state index contributed by atoms with van der Waals surface area (Å²) in [6, 6.07) is 4.79. The fourth-order valence-corrected chi connectivity index (χ4v) is 5.77. The first-order chi connectivity index (χ1) is 14.3. The molecule has 30 heavy (non-hydrogen) atoms. The highest BCUT2D eigenvalue weighted by atomic mass is 32.2. The van der Waals surface area contributed by atoms with E-state index < -0.39 is 10.0 Å². The molecule has 2 saturated heterocycles. The van der Waals surface area contributed by atoms with Gasteiger partial charge in [-0.3, -0.25) is 9.59 Å². The third kappa shape index (κ3) is 5.21. The van der Waals surface area contributed by atoms with Crippen molar-refractivity contribution in [3.8, 4) is 0 Å². The first kappa shape index (κ1) is 22.7. The van der Waals surface area contributed by atoms with Gasteiger partial charge in [-0.05, 0) is 56.7 Å². The van der Waals surface area contributed by atoms with Crippen LogP contribution in [-0.4, -0.2) is 61.7 Å². The monoisotopic (exact) mass is 435 g/mol. The molecule has 7 nitrogen and oxygen atoms in total. The summed E-state index contributed by atoms with van der Waals surface area (Å²) in [7, 11) is -3.59. The van der Waals surface area contributed by atoms with E-state index in [-0.39, 0.29) is 22.8 Å². The van der Waals surface area contributed by atoms with E-state index in [1.165, 1.54) is 10.4 Å². The van der Waals surface area contributed by atoms with Gasteiger partial charge in [0.2, 0.25) is 15.9 Å². The number of carbonyl (C=O) groups is 2. The van der Waals surface area contributed by atoms with E-state index in [4.69, 9.17) is 0 Å². The number of sulfonamides is 1. The lowest BCUT2D eigenvalue weighted by atomic mass is 10.0. The number of hydrogen-bond acceptors (Lipinski definition) is 4. The second kappa shape index (κ2) is 9.92. The molecular weight excluding hydrogens is 402 g/mol. The highest BCUT2D eigenvalue weighted by molar-refractivity contribution is 7.89. The van der Waals surface area contributed by atoms with Crippen LogP contribution >= 0.6 is 0 Å². The summed E-state index contributed by atoms with van der Waals surface area (Å²) in [6.45, 7) is 5.92. The lowest BCUT2D eigenvalue weighted by Gasteiger charge is -2.33. The van der Waals surface area contributed by atoms with Crippen molar-refractivity contribution in [2.45, 2.75) is 69.7 Å². The largest absolute Gasteiger partial charge is 0.352 e. The standard InChI is InChI=1S/C22H33N3O4S/c1-3-8-21(26)23-18-9-7-12-24(16-18)22(27)20-15-19(11-10-17(20)2)30(28,29)25-13-5-4-6-14-25/h10-11,15,18H,3-9,12-14,16H2,1-2H3,(H,23,26). The molecule has 2 fully saturated rings. The molecule has 8 heteroatoms. The minimum absolute atomic E-state index is 0.0163. The van der Waals surface area contributed by atoms with Crippen LogP contribution in [0.25, 0.3) is 0 Å². The minimum Gasteiger partial charge on any atom is -0.352 e. The number of nitrogens with zero attached hydrogens (tertiary/aromatic N) is 2. The summed E-state index contributed by atoms with van der Waals surface area (Å²) >= 11 is 0. The molecule has 1 atom stereocenters. The van der Waals surface area contributed by atoms with E-state index in [0.717, 1.165) is 44.1 Å². The predicted molar refractivity (Wildman–Crippen MR) is 116 cm³/mol. The van der Waals surface area contributed by atoms with Crippen molar-refractivity contribution in [2.24, 2.45) is 0 Å². The summed E-state index contributed by atoms with van der Waals surface area (Å²) in [6.07, 6.45) is 5.73. The first-order valence-electron chi connectivity index (χ1n) is 11.0. The van der Waals surface area contributed by atoms with E-state index >= 15 is 0 Å². The Morgan fingerprint density at radius 1 is 1.10 bits per heavy atom. The summed E-state index contributed by atoms with van der Waals surface area (Å²) in [5.41, 5.74) is 1.18. The summed E-state index contributed by atoms with van der Waals surface area (Å²) in [4.78, 5) is 27.1. The Hall–Kier alpha value is -1.93. The van der Waals surface area contributed by atoms with Crippen molar-refractivity contribution < 1.29 is 18.0 Å². The first-order valence-corrected chi connectivity index (χ1v) is 12.5. The number of aryl methyl sites for hydroxylation is 1. The Balaban J connectivity index is 1.77. The Bertz CT molecular complexity index is 878. The normalized spacial score (nSPS) is 20.7. The molecule has 1 N–H and O–H groups in total. The molecule has 1 unspecified atom stereocenters. The zero-order valence-electron chi connectivity index (χ0n) is 18.0. The number of nitrogens with one attached hydrogen (secondary N) is 1. The molecule has 0 radical (unpaired) electrons. The van der Waals surface area contributed by atoms with E-state index in [1.54, 1.807) is 17.0 Å². The lowest BCUT2D eigenvalue weighted by molar-refractivity contribution is -0.122. The highest BCUT2D eigenvalue weighted by Crippen LogP contribution is 2.24. The summed E-state index contributed by atoms with van der Waals surface area (Å²) < 4.78 is 27.6. The summed E-state index contributed by atoms with van der Waals surface area (Å²) in [5.74, 6) is -0.153. The zero-order chi connectivity index (χ0) is 21.7. The van der Waals surface area contributed by atoms with E-state index in [0.29, 0.717) is 38.2 Å². The van der Waals surface area contributed by atoms with Gasteiger partial charge in [-0.2, -0.15) is 4.31 Å². The van der Waals surface area contributed by atoms with Gasteiger partial charge in [0.1, 0.15) is 0 Å². The lowest BCUT2D eigenvalue weighted by Crippen LogP contribution is -2.49. The number of benzene rings is 1. The van der Waals surface area contributed by atoms with Gasteiger partial charge in [-0.25, -0.2) is 8.42 Å². The second-order valence-corrected chi connectivity index (χ2v) is 10.3. The van der Waals surface area contributed by atoms with Crippen LogP contribution in [0.4, 0.5) is 0 Å². The molecule has 0 aliphatic carbocycles. The minimum atomic E-state index is -3.59. The fourth-order valence-electron chi connectivity index (χ4n) is 4.22. The van der Waals surface area contributed by atoms with Gasteiger partial charge in [0.25, 0.3) is 5.91 Å². The number of amides is 2. The van der Waals surface area contributed by atoms with Gasteiger partial charge in [-0.15, -0.1) is 0 Å². The molecule has 0 aromatic heterocycles. The van der Waals surface area contributed by atoms with Crippen molar-refractivity contribution in [3.63, 3.8) is 0 Å². The molecule has 0 saturated carbocycles. The van der Waals surface area contributed by atoms with Crippen LogP contribution in [0, 0.1) is 6.92 Å². The van der Waals surface area contributed by atoms with Crippen molar-refractivity contribution >= 4 is 21.8 Å². The van der Waals surface area contributed by atoms with Crippen LogP contribution in [0.3, 0.4) is 0 Å². The van der Waals surface area contributed by atoms with Gasteiger partial charge in [0.15, 0.2) is 0 Å². The topological polar surface area (TPSA) is 86.8 Å². The van der Waals surface area contributed by atoms with Gasteiger partial charge in [-0.1, -0.05) is 19.4 Å². The molecule has 3 rings (SSSR count). The molecule has 166 valence electrons. The summed E-state index contributed by atoms with van der Waals surface area (Å²) in [5, 5.41) is 3.01. The van der Waals surface area contributed by atoms with Crippen molar-refractivity contribution in [1.82, 2.24) is 14.5 Å². The number of carbonyl (C=O) groups excluding carboxylic acids is 2. The van der Waals surface area contributed by atoms with E-state index in [2.05, 4.69) is 5.32 Å². The Morgan fingerprint density at radius 3 is 2.53 bits per heavy atom. The molecule has 1 aromatic rings. The highest BCUT2D eigenvalue weighted by Gasteiger charge is 2.29. The van der Waals surface area contributed by atoms with Gasteiger partial charge in [0, 0.05) is 44.2 Å². The average Bonchev–Trinajstić information content (AvgIpc) is 2.74. The van der Waals surface area contributed by atoms with Gasteiger partial charge >= 0.3 is 0 Å². The van der Waals surface area contributed by atoms with Crippen LogP contribution in [-0.2, 0) is 14.8 Å². The molecule has 1 aromatic carbocycles. The molecule has 2 aliphatic rings. The number of likely N-dealkylation sites (tertiary alicyclic amines) is 1. The zero-order valence-corrected chi connectivity index (χ0v) is 18.8. The third-order valence-electron chi connectivity index (χ3n) is 5.94. The maximum Gasteiger partial charge on any atom is 0.254 e. The third-order valence-corrected chi connectivity index (χ3v) is 7.84. The number of rotatable bonds is 6. The molecule has 0 spiro atoms. The maximum absolute atomic E-state index is 13.2.